The average Bonchev–Trinajstić information content (AvgIpc) is 3.13. The summed E-state index contributed by atoms with van der Waals surface area (Å²) in [5.41, 5.74) is 3.06. The fourth-order valence-electron chi connectivity index (χ4n) is 3.68. The number of nitrogens with zero attached hydrogens (tertiary/aromatic N) is 2. The third-order valence-corrected chi connectivity index (χ3v) is 7.21. The van der Waals surface area contributed by atoms with E-state index in [1.54, 1.807) is 0 Å². The monoisotopic (exact) mass is 465 g/mol. The Morgan fingerprint density at radius 3 is 2.53 bits per heavy atom. The Kier molecular flexibility index (Phi) is 7.49. The zero-order valence-corrected chi connectivity index (χ0v) is 18.7. The van der Waals surface area contributed by atoms with Crippen molar-refractivity contribution in [3.8, 4) is 0 Å². The lowest BCUT2D eigenvalue weighted by atomic mass is 10.1. The number of sulfone groups is 1. The molecule has 1 unspecified atom stereocenters. The Hall–Kier alpha value is -2.95. The molecule has 2 saturated heterocycles. The number of carbonyl (C=O) groups is 4. The minimum absolute atomic E-state index is 0.0552. The topological polar surface area (TPSA) is 130 Å². The van der Waals surface area contributed by atoms with Crippen molar-refractivity contribution in [2.75, 3.05) is 29.7 Å². The molecule has 3 amide bonds. The lowest BCUT2D eigenvalue weighted by Crippen LogP contribution is -2.50. The summed E-state index contributed by atoms with van der Waals surface area (Å²) < 4.78 is 28.8. The third-order valence-electron chi connectivity index (χ3n) is 5.46. The fraction of sp³-hybridized carbons (Fsp3) is 0.524. The van der Waals surface area contributed by atoms with Gasteiger partial charge in [-0.3, -0.25) is 19.8 Å². The first-order valence-electron chi connectivity index (χ1n) is 10.6. The van der Waals surface area contributed by atoms with Gasteiger partial charge in [-0.15, -0.1) is 0 Å². The normalized spacial score (nSPS) is 20.0. The maximum absolute atomic E-state index is 12.7. The summed E-state index contributed by atoms with van der Waals surface area (Å²) in [6, 6.07) is 5.48. The van der Waals surface area contributed by atoms with Gasteiger partial charge in [-0.05, 0) is 37.1 Å². The van der Waals surface area contributed by atoms with Crippen LogP contribution in [0, 0.1) is 0 Å². The zero-order valence-electron chi connectivity index (χ0n) is 17.9. The van der Waals surface area contributed by atoms with Crippen molar-refractivity contribution in [1.29, 1.82) is 0 Å². The molecule has 2 aliphatic rings. The third kappa shape index (κ3) is 5.84. The van der Waals surface area contributed by atoms with Crippen LogP contribution in [0.5, 0.6) is 0 Å². The molecule has 3 rings (SSSR count). The smallest absolute Gasteiger partial charge is 0.338 e. The predicted molar refractivity (Wildman–Crippen MR) is 115 cm³/mol. The molecule has 0 aliphatic carbocycles. The summed E-state index contributed by atoms with van der Waals surface area (Å²) in [4.78, 5) is 50.0. The van der Waals surface area contributed by atoms with E-state index in [1.165, 1.54) is 29.2 Å². The van der Waals surface area contributed by atoms with E-state index in [-0.39, 0.29) is 41.7 Å². The van der Waals surface area contributed by atoms with E-state index in [1.807, 2.05) is 6.92 Å². The number of anilines is 1. The SMILES string of the molecule is CCCCN(C(=O)COC(=O)c1ccc(N2NC(=O)CCC2=O)cc1)C1CCS(=O)(=O)C1. The van der Waals surface area contributed by atoms with Crippen LogP contribution in [0.15, 0.2) is 24.3 Å². The Labute approximate surface area is 186 Å². The zero-order chi connectivity index (χ0) is 23.3. The second-order valence-electron chi connectivity index (χ2n) is 7.88. The molecule has 1 aromatic carbocycles. The van der Waals surface area contributed by atoms with E-state index in [4.69, 9.17) is 4.74 Å². The largest absolute Gasteiger partial charge is 0.452 e. The highest BCUT2D eigenvalue weighted by molar-refractivity contribution is 7.91. The lowest BCUT2D eigenvalue weighted by molar-refractivity contribution is -0.136. The van der Waals surface area contributed by atoms with Gasteiger partial charge in [0.2, 0.25) is 11.8 Å². The standard InChI is InChI=1S/C21H27N3O7S/c1-2-3-11-23(17-10-12-32(29,30)14-17)20(27)13-31-21(28)15-4-6-16(7-5-15)24-19(26)9-8-18(25)22-24/h4-7,17H,2-3,8-14H2,1H3,(H,22,25). The molecule has 1 aromatic rings. The first-order chi connectivity index (χ1) is 15.2. The van der Waals surface area contributed by atoms with Crippen LogP contribution in [0.4, 0.5) is 5.69 Å². The predicted octanol–water partition coefficient (Wildman–Crippen LogP) is 0.817. The van der Waals surface area contributed by atoms with Gasteiger partial charge in [0.1, 0.15) is 0 Å². The molecule has 2 heterocycles. The van der Waals surface area contributed by atoms with Crippen LogP contribution >= 0.6 is 0 Å². The van der Waals surface area contributed by atoms with Crippen LogP contribution in [0.2, 0.25) is 0 Å². The number of amides is 3. The quantitative estimate of drug-likeness (QED) is 0.563. The number of hydrogen-bond acceptors (Lipinski definition) is 7. The molecule has 174 valence electrons. The van der Waals surface area contributed by atoms with Crippen LogP contribution in [0.3, 0.4) is 0 Å². The lowest BCUT2D eigenvalue weighted by Gasteiger charge is -2.28. The van der Waals surface area contributed by atoms with Gasteiger partial charge in [0.05, 0.1) is 22.8 Å². The first kappa shape index (κ1) is 23.7. The molecule has 2 fully saturated rings. The number of benzene rings is 1. The highest BCUT2D eigenvalue weighted by atomic mass is 32.2. The molecule has 11 heteroatoms. The van der Waals surface area contributed by atoms with Crippen molar-refractivity contribution in [3.63, 3.8) is 0 Å². The van der Waals surface area contributed by atoms with Crippen molar-refractivity contribution < 1.29 is 32.3 Å². The number of carbonyl (C=O) groups excluding carboxylic acids is 4. The number of unbranched alkanes of at least 4 members (excludes halogenated alkanes) is 1. The molecule has 0 bridgehead atoms. The Morgan fingerprint density at radius 1 is 1.19 bits per heavy atom. The van der Waals surface area contributed by atoms with Gasteiger partial charge in [0.25, 0.3) is 5.91 Å². The number of esters is 1. The molecule has 2 aliphatic heterocycles. The van der Waals surface area contributed by atoms with Gasteiger partial charge < -0.3 is 9.64 Å². The average molecular weight is 466 g/mol. The number of nitrogens with one attached hydrogen (secondary N) is 1. The summed E-state index contributed by atoms with van der Waals surface area (Å²) in [6.45, 7) is 1.90. The number of rotatable bonds is 8. The highest BCUT2D eigenvalue weighted by Gasteiger charge is 2.34. The van der Waals surface area contributed by atoms with Crippen molar-refractivity contribution in [1.82, 2.24) is 10.3 Å². The fourth-order valence-corrected chi connectivity index (χ4v) is 5.42. The molecular weight excluding hydrogens is 438 g/mol. The highest BCUT2D eigenvalue weighted by Crippen LogP contribution is 2.20. The molecule has 1 N–H and O–H groups in total. The second-order valence-corrected chi connectivity index (χ2v) is 10.1. The van der Waals surface area contributed by atoms with Crippen LogP contribution < -0.4 is 10.4 Å². The van der Waals surface area contributed by atoms with Crippen molar-refractivity contribution >= 4 is 39.2 Å². The van der Waals surface area contributed by atoms with Gasteiger partial charge in [-0.2, -0.15) is 0 Å². The molecule has 0 radical (unpaired) electrons. The second kappa shape index (κ2) is 10.1. The van der Waals surface area contributed by atoms with Crippen LogP contribution in [0.25, 0.3) is 0 Å². The van der Waals surface area contributed by atoms with Crippen LogP contribution in [0.1, 0.15) is 49.4 Å². The van der Waals surface area contributed by atoms with Crippen molar-refractivity contribution in [2.45, 2.75) is 45.1 Å². The van der Waals surface area contributed by atoms with Gasteiger partial charge in [-0.1, -0.05) is 13.3 Å². The van der Waals surface area contributed by atoms with E-state index in [2.05, 4.69) is 5.43 Å². The molecule has 0 spiro atoms. The minimum Gasteiger partial charge on any atom is -0.452 e. The van der Waals surface area contributed by atoms with Gasteiger partial charge >= 0.3 is 5.97 Å². The van der Waals surface area contributed by atoms with E-state index >= 15 is 0 Å². The van der Waals surface area contributed by atoms with Gasteiger partial charge in [0.15, 0.2) is 16.4 Å². The van der Waals surface area contributed by atoms with Crippen molar-refractivity contribution in [3.05, 3.63) is 29.8 Å². The Morgan fingerprint density at radius 2 is 1.91 bits per heavy atom. The van der Waals surface area contributed by atoms with E-state index < -0.39 is 34.4 Å². The maximum atomic E-state index is 12.7. The molecule has 10 nitrogen and oxygen atoms in total. The van der Waals surface area contributed by atoms with E-state index in [9.17, 15) is 27.6 Å². The summed E-state index contributed by atoms with van der Waals surface area (Å²) in [5, 5.41) is 1.13. The Balaban J connectivity index is 1.59. The van der Waals surface area contributed by atoms with Gasteiger partial charge in [-0.25, -0.2) is 18.2 Å². The summed E-state index contributed by atoms with van der Waals surface area (Å²) in [7, 11) is -3.15. The number of hydrazine groups is 1. The maximum Gasteiger partial charge on any atom is 0.338 e. The molecule has 0 saturated carbocycles. The first-order valence-corrected chi connectivity index (χ1v) is 12.4. The van der Waals surface area contributed by atoms with E-state index in [0.29, 0.717) is 18.7 Å². The molecule has 0 aromatic heterocycles. The summed E-state index contributed by atoms with van der Waals surface area (Å²) in [6.07, 6.45) is 2.20. The minimum atomic E-state index is -3.15. The van der Waals surface area contributed by atoms with E-state index in [0.717, 1.165) is 17.9 Å². The summed E-state index contributed by atoms with van der Waals surface area (Å²) in [5.74, 6) is -1.68. The van der Waals surface area contributed by atoms with Gasteiger partial charge in [0, 0.05) is 25.4 Å². The van der Waals surface area contributed by atoms with Crippen LogP contribution in [-0.4, -0.2) is 67.7 Å². The number of hydrogen-bond donors (Lipinski definition) is 1. The van der Waals surface area contributed by atoms with Crippen molar-refractivity contribution in [2.24, 2.45) is 0 Å². The molecular formula is C21H27N3O7S. The molecule has 1 atom stereocenters. The summed E-state index contributed by atoms with van der Waals surface area (Å²) >= 11 is 0. The Bertz CT molecular complexity index is 991. The van der Waals surface area contributed by atoms with Crippen LogP contribution in [-0.2, 0) is 29.0 Å². The number of ether oxygens (including phenoxy) is 1. The molecule has 32 heavy (non-hydrogen) atoms.